The van der Waals surface area contributed by atoms with Crippen molar-refractivity contribution >= 4 is 15.7 Å². The summed E-state index contributed by atoms with van der Waals surface area (Å²) in [5.41, 5.74) is 0.618. The van der Waals surface area contributed by atoms with Crippen molar-refractivity contribution in [3.8, 4) is 5.75 Å². The molecule has 2 aromatic rings. The number of sulfonamides is 1. The van der Waals surface area contributed by atoms with Crippen molar-refractivity contribution in [2.24, 2.45) is 0 Å². The number of hydrogen-bond donors (Lipinski definition) is 0. The molecule has 0 aromatic heterocycles. The Balaban J connectivity index is 1.76. The van der Waals surface area contributed by atoms with Crippen LogP contribution in [0.1, 0.15) is 25.7 Å². The average Bonchev–Trinajstić information content (AvgIpc) is 3.09. The Kier molecular flexibility index (Phi) is 4.57. The zero-order valence-electron chi connectivity index (χ0n) is 13.2. The van der Waals surface area contributed by atoms with Crippen LogP contribution in [0.15, 0.2) is 59.5 Å². The summed E-state index contributed by atoms with van der Waals surface area (Å²) < 4.78 is 32.4. The number of anilines is 1. The molecule has 0 saturated heterocycles. The van der Waals surface area contributed by atoms with Crippen molar-refractivity contribution < 1.29 is 13.2 Å². The number of hydrogen-bond acceptors (Lipinski definition) is 3. The van der Waals surface area contributed by atoms with Gasteiger partial charge in [0.05, 0.1) is 16.7 Å². The molecule has 122 valence electrons. The summed E-state index contributed by atoms with van der Waals surface area (Å²) in [5, 5.41) is 0. The quantitative estimate of drug-likeness (QED) is 0.836. The van der Waals surface area contributed by atoms with Gasteiger partial charge in [-0.1, -0.05) is 18.2 Å². The number of rotatable bonds is 5. The van der Waals surface area contributed by atoms with E-state index in [1.807, 2.05) is 12.1 Å². The van der Waals surface area contributed by atoms with Gasteiger partial charge in [-0.25, -0.2) is 8.42 Å². The minimum absolute atomic E-state index is 0.286. The van der Waals surface area contributed by atoms with Gasteiger partial charge in [0.1, 0.15) is 5.75 Å². The fourth-order valence-corrected chi connectivity index (χ4v) is 4.04. The smallest absolute Gasteiger partial charge is 0.264 e. The van der Waals surface area contributed by atoms with Crippen LogP contribution >= 0.6 is 0 Å². The first kappa shape index (κ1) is 15.9. The van der Waals surface area contributed by atoms with Gasteiger partial charge >= 0.3 is 0 Å². The first-order chi connectivity index (χ1) is 11.1. The first-order valence-electron chi connectivity index (χ1n) is 7.88. The van der Waals surface area contributed by atoms with Crippen molar-refractivity contribution in [2.45, 2.75) is 36.7 Å². The largest absolute Gasteiger partial charge is 0.490 e. The van der Waals surface area contributed by atoms with E-state index in [4.69, 9.17) is 4.74 Å². The molecule has 1 aliphatic carbocycles. The minimum atomic E-state index is -3.53. The Bertz CT molecular complexity index is 736. The van der Waals surface area contributed by atoms with Gasteiger partial charge in [0, 0.05) is 7.05 Å². The molecule has 0 spiro atoms. The summed E-state index contributed by atoms with van der Waals surface area (Å²) in [6, 6.07) is 15.7. The van der Waals surface area contributed by atoms with Crippen molar-refractivity contribution in [1.82, 2.24) is 0 Å². The van der Waals surface area contributed by atoms with Crippen LogP contribution in [-0.4, -0.2) is 21.6 Å². The molecular formula is C18H21NO3S. The van der Waals surface area contributed by atoms with Gasteiger partial charge in [-0.2, -0.15) is 0 Å². The molecule has 0 heterocycles. The lowest BCUT2D eigenvalue weighted by atomic mass is 10.3. The lowest BCUT2D eigenvalue weighted by Gasteiger charge is -2.20. The topological polar surface area (TPSA) is 46.6 Å². The van der Waals surface area contributed by atoms with Crippen molar-refractivity contribution in [2.75, 3.05) is 11.4 Å². The molecular weight excluding hydrogens is 310 g/mol. The van der Waals surface area contributed by atoms with Gasteiger partial charge in [0.2, 0.25) is 0 Å². The predicted molar refractivity (Wildman–Crippen MR) is 91.4 cm³/mol. The molecule has 2 aromatic carbocycles. The summed E-state index contributed by atoms with van der Waals surface area (Å²) in [4.78, 5) is 0.286. The molecule has 0 unspecified atom stereocenters. The second-order valence-electron chi connectivity index (χ2n) is 5.80. The third kappa shape index (κ3) is 3.50. The Morgan fingerprint density at radius 3 is 2.17 bits per heavy atom. The fraction of sp³-hybridized carbons (Fsp3) is 0.333. The molecule has 1 aliphatic rings. The molecule has 0 radical (unpaired) electrons. The Morgan fingerprint density at radius 2 is 1.57 bits per heavy atom. The van der Waals surface area contributed by atoms with Crippen LogP contribution < -0.4 is 9.04 Å². The maximum atomic E-state index is 12.6. The average molecular weight is 331 g/mol. The Hall–Kier alpha value is -2.01. The normalized spacial score (nSPS) is 15.5. The highest BCUT2D eigenvalue weighted by atomic mass is 32.2. The van der Waals surface area contributed by atoms with Gasteiger partial charge in [0.15, 0.2) is 0 Å². The van der Waals surface area contributed by atoms with Crippen LogP contribution in [0.3, 0.4) is 0 Å². The fourth-order valence-electron chi connectivity index (χ4n) is 2.82. The van der Waals surface area contributed by atoms with Crippen LogP contribution in [0.2, 0.25) is 0 Å². The van der Waals surface area contributed by atoms with Crippen LogP contribution in [0.5, 0.6) is 5.75 Å². The van der Waals surface area contributed by atoms with E-state index in [-0.39, 0.29) is 4.90 Å². The van der Waals surface area contributed by atoms with Gasteiger partial charge in [0.25, 0.3) is 10.0 Å². The Morgan fingerprint density at radius 1 is 0.957 bits per heavy atom. The molecule has 0 aliphatic heterocycles. The van der Waals surface area contributed by atoms with Gasteiger partial charge < -0.3 is 4.74 Å². The van der Waals surface area contributed by atoms with Gasteiger partial charge in [-0.05, 0) is 62.1 Å². The first-order valence-corrected chi connectivity index (χ1v) is 9.32. The molecule has 0 amide bonds. The second-order valence-corrected chi connectivity index (χ2v) is 7.77. The molecule has 4 nitrogen and oxygen atoms in total. The van der Waals surface area contributed by atoms with E-state index >= 15 is 0 Å². The third-order valence-corrected chi connectivity index (χ3v) is 6.01. The zero-order chi connectivity index (χ0) is 16.3. The number of ether oxygens (including phenoxy) is 1. The van der Waals surface area contributed by atoms with E-state index in [0.29, 0.717) is 11.8 Å². The van der Waals surface area contributed by atoms with Crippen molar-refractivity contribution in [3.05, 3.63) is 54.6 Å². The molecule has 1 fully saturated rings. The SMILES string of the molecule is CN(c1ccc(OC2CCCC2)cc1)S(=O)(=O)c1ccccc1. The number of benzene rings is 2. The molecule has 0 N–H and O–H groups in total. The lowest BCUT2D eigenvalue weighted by molar-refractivity contribution is 0.210. The predicted octanol–water partition coefficient (Wildman–Crippen LogP) is 3.83. The standard InChI is InChI=1S/C18H21NO3S/c1-19(23(20,21)18-9-3-2-4-10-18)15-11-13-17(14-12-15)22-16-7-5-6-8-16/h2-4,9-14,16H,5-8H2,1H3. The van der Waals surface area contributed by atoms with E-state index in [9.17, 15) is 8.42 Å². The second kappa shape index (κ2) is 6.62. The summed E-state index contributed by atoms with van der Waals surface area (Å²) >= 11 is 0. The molecule has 23 heavy (non-hydrogen) atoms. The zero-order valence-corrected chi connectivity index (χ0v) is 14.0. The van der Waals surface area contributed by atoms with Crippen LogP contribution in [-0.2, 0) is 10.0 Å². The highest BCUT2D eigenvalue weighted by molar-refractivity contribution is 7.92. The van der Waals surface area contributed by atoms with E-state index in [0.717, 1.165) is 18.6 Å². The van der Waals surface area contributed by atoms with Crippen LogP contribution in [0.4, 0.5) is 5.69 Å². The maximum absolute atomic E-state index is 12.6. The summed E-state index contributed by atoms with van der Waals surface area (Å²) in [6.45, 7) is 0. The summed E-state index contributed by atoms with van der Waals surface area (Å²) in [7, 11) is -1.97. The van der Waals surface area contributed by atoms with Crippen LogP contribution in [0, 0.1) is 0 Å². The summed E-state index contributed by atoms with van der Waals surface area (Å²) in [6.07, 6.45) is 4.95. The molecule has 0 atom stereocenters. The minimum Gasteiger partial charge on any atom is -0.490 e. The van der Waals surface area contributed by atoms with Gasteiger partial charge in [-0.15, -0.1) is 0 Å². The third-order valence-electron chi connectivity index (χ3n) is 4.21. The van der Waals surface area contributed by atoms with Crippen molar-refractivity contribution in [1.29, 1.82) is 0 Å². The van der Waals surface area contributed by atoms with Crippen molar-refractivity contribution in [3.63, 3.8) is 0 Å². The Labute approximate surface area is 137 Å². The number of nitrogens with zero attached hydrogens (tertiary/aromatic N) is 1. The molecule has 0 bridgehead atoms. The molecule has 3 rings (SSSR count). The van der Waals surface area contributed by atoms with Crippen LogP contribution in [0.25, 0.3) is 0 Å². The van der Waals surface area contributed by atoms with Gasteiger partial charge in [-0.3, -0.25) is 4.31 Å². The van der Waals surface area contributed by atoms with E-state index in [1.165, 1.54) is 17.1 Å². The van der Waals surface area contributed by atoms with E-state index in [1.54, 1.807) is 49.5 Å². The summed E-state index contributed by atoms with van der Waals surface area (Å²) in [5.74, 6) is 0.797. The molecule has 1 saturated carbocycles. The monoisotopic (exact) mass is 331 g/mol. The molecule has 5 heteroatoms. The lowest BCUT2D eigenvalue weighted by Crippen LogP contribution is -2.26. The highest BCUT2D eigenvalue weighted by Crippen LogP contribution is 2.27. The maximum Gasteiger partial charge on any atom is 0.264 e. The van der Waals surface area contributed by atoms with E-state index < -0.39 is 10.0 Å². The highest BCUT2D eigenvalue weighted by Gasteiger charge is 2.21. The van der Waals surface area contributed by atoms with E-state index in [2.05, 4.69) is 0 Å².